The monoisotopic (exact) mass is 308 g/mol. The highest BCUT2D eigenvalue weighted by Crippen LogP contribution is 2.28. The lowest BCUT2D eigenvalue weighted by Crippen LogP contribution is -2.39. The molecule has 0 N–H and O–H groups in total. The molecule has 0 fully saturated rings. The van der Waals surface area contributed by atoms with Crippen LogP contribution in [0.4, 0.5) is 4.39 Å². The fourth-order valence-electron chi connectivity index (χ4n) is 2.13. The molecule has 0 spiro atoms. The van der Waals surface area contributed by atoms with Gasteiger partial charge in [-0.3, -0.25) is 9.59 Å². The summed E-state index contributed by atoms with van der Waals surface area (Å²) in [6, 6.07) is 5.90. The van der Waals surface area contributed by atoms with E-state index < -0.39 is 30.3 Å². The van der Waals surface area contributed by atoms with Crippen LogP contribution in [0.25, 0.3) is 0 Å². The average molecular weight is 308 g/mol. The summed E-state index contributed by atoms with van der Waals surface area (Å²) in [5.41, 5.74) is 0.756. The van der Waals surface area contributed by atoms with Crippen molar-refractivity contribution >= 4 is 11.9 Å². The smallest absolute Gasteiger partial charge is 0.303 e. The first-order chi connectivity index (χ1) is 10.5. The van der Waals surface area contributed by atoms with Crippen LogP contribution >= 0.6 is 0 Å². The van der Waals surface area contributed by atoms with Crippen LogP contribution in [-0.4, -0.2) is 30.8 Å². The predicted molar refractivity (Wildman–Crippen MR) is 75.3 cm³/mol. The van der Waals surface area contributed by atoms with Gasteiger partial charge in [-0.05, 0) is 23.8 Å². The number of carbonyl (C=O) groups excluding carboxylic acids is 2. The van der Waals surface area contributed by atoms with Gasteiger partial charge in [0, 0.05) is 13.8 Å². The van der Waals surface area contributed by atoms with E-state index in [1.807, 2.05) is 0 Å². The van der Waals surface area contributed by atoms with Gasteiger partial charge in [0.1, 0.15) is 30.7 Å². The number of benzene rings is 1. The van der Waals surface area contributed by atoms with Crippen molar-refractivity contribution in [1.29, 1.82) is 0 Å². The molecule has 1 aliphatic rings. The topological polar surface area (TPSA) is 61.8 Å². The van der Waals surface area contributed by atoms with Gasteiger partial charge in [0.2, 0.25) is 0 Å². The van der Waals surface area contributed by atoms with Gasteiger partial charge in [-0.15, -0.1) is 0 Å². The summed E-state index contributed by atoms with van der Waals surface area (Å²) in [5.74, 6) is -1.23. The van der Waals surface area contributed by atoms with Crippen LogP contribution in [0.5, 0.6) is 0 Å². The third-order valence-corrected chi connectivity index (χ3v) is 3.11. The third kappa shape index (κ3) is 4.39. The molecule has 1 aromatic rings. The van der Waals surface area contributed by atoms with E-state index in [0.717, 1.165) is 5.56 Å². The summed E-state index contributed by atoms with van der Waals surface area (Å²) in [6.45, 7) is 2.55. The number of esters is 2. The molecule has 6 heteroatoms. The van der Waals surface area contributed by atoms with Crippen molar-refractivity contribution in [2.24, 2.45) is 0 Å². The van der Waals surface area contributed by atoms with Gasteiger partial charge in [-0.1, -0.05) is 18.2 Å². The van der Waals surface area contributed by atoms with Gasteiger partial charge in [0.05, 0.1) is 0 Å². The molecule has 1 aliphatic heterocycles. The van der Waals surface area contributed by atoms with Crippen LogP contribution in [0, 0.1) is 5.82 Å². The first kappa shape index (κ1) is 16.2. The maximum absolute atomic E-state index is 13.0. The Kier molecular flexibility index (Phi) is 5.27. The zero-order valence-electron chi connectivity index (χ0n) is 12.3. The van der Waals surface area contributed by atoms with Crippen LogP contribution < -0.4 is 0 Å². The molecule has 22 heavy (non-hydrogen) atoms. The number of carbonyl (C=O) groups is 2. The van der Waals surface area contributed by atoms with Crippen LogP contribution in [0.2, 0.25) is 0 Å². The molecule has 2 rings (SSSR count). The largest absolute Gasteiger partial charge is 0.463 e. The van der Waals surface area contributed by atoms with E-state index in [-0.39, 0.29) is 12.4 Å². The molecular weight excluding hydrogens is 291 g/mol. The van der Waals surface area contributed by atoms with Crippen molar-refractivity contribution < 1.29 is 28.2 Å². The maximum atomic E-state index is 13.0. The number of halogens is 1. The lowest BCUT2D eigenvalue weighted by molar-refractivity contribution is -0.163. The summed E-state index contributed by atoms with van der Waals surface area (Å²) in [5, 5.41) is 0. The van der Waals surface area contributed by atoms with Gasteiger partial charge in [-0.25, -0.2) is 4.39 Å². The second kappa shape index (κ2) is 7.17. The summed E-state index contributed by atoms with van der Waals surface area (Å²) < 4.78 is 28.9. The van der Waals surface area contributed by atoms with Crippen molar-refractivity contribution in [2.75, 3.05) is 6.61 Å². The van der Waals surface area contributed by atoms with Gasteiger partial charge in [0.25, 0.3) is 0 Å². The SMILES string of the molecule is CC(=O)OC[C@H]1O[C@H](c2ccc(F)cc2)C=C[C@@H]1OC(C)=O. The fraction of sp³-hybridized carbons (Fsp3) is 0.375. The maximum Gasteiger partial charge on any atom is 0.303 e. The van der Waals surface area contributed by atoms with Crippen LogP contribution in [0.15, 0.2) is 36.4 Å². The molecule has 1 aromatic carbocycles. The number of hydrogen-bond acceptors (Lipinski definition) is 5. The third-order valence-electron chi connectivity index (χ3n) is 3.11. The number of ether oxygens (including phenoxy) is 3. The van der Waals surface area contributed by atoms with Crippen LogP contribution in [-0.2, 0) is 23.8 Å². The standard InChI is InChI=1S/C16H17FO5/c1-10(18)20-9-16-15(21-11(2)19)8-7-14(22-16)12-3-5-13(17)6-4-12/h3-8,14-16H,9H2,1-2H3/t14-,15-,16+/m0/s1. The molecule has 1 heterocycles. The molecule has 5 nitrogen and oxygen atoms in total. The van der Waals surface area contributed by atoms with Crippen molar-refractivity contribution in [2.45, 2.75) is 32.2 Å². The first-order valence-electron chi connectivity index (χ1n) is 6.85. The minimum Gasteiger partial charge on any atom is -0.463 e. The normalized spacial score (nSPS) is 23.9. The number of hydrogen-bond donors (Lipinski definition) is 0. The summed E-state index contributed by atoms with van der Waals surface area (Å²) in [7, 11) is 0. The minimum absolute atomic E-state index is 0.0324. The Labute approximate surface area is 127 Å². The Hall–Kier alpha value is -2.21. The molecule has 0 radical (unpaired) electrons. The molecule has 3 atom stereocenters. The molecule has 0 aliphatic carbocycles. The Morgan fingerprint density at radius 1 is 1.14 bits per heavy atom. The molecule has 0 unspecified atom stereocenters. The molecule has 0 bridgehead atoms. The van der Waals surface area contributed by atoms with E-state index in [0.29, 0.717) is 0 Å². The highest BCUT2D eigenvalue weighted by Gasteiger charge is 2.31. The van der Waals surface area contributed by atoms with E-state index in [4.69, 9.17) is 14.2 Å². The highest BCUT2D eigenvalue weighted by molar-refractivity contribution is 5.66. The predicted octanol–water partition coefficient (Wildman–Crippen LogP) is 2.32. The lowest BCUT2D eigenvalue weighted by Gasteiger charge is -2.31. The zero-order chi connectivity index (χ0) is 16.1. The Balaban J connectivity index is 2.13. The Bertz CT molecular complexity index is 566. The Morgan fingerprint density at radius 3 is 2.41 bits per heavy atom. The molecule has 0 aromatic heterocycles. The van der Waals surface area contributed by atoms with Crippen molar-refractivity contribution in [3.05, 3.63) is 47.8 Å². The van der Waals surface area contributed by atoms with Crippen molar-refractivity contribution in [3.8, 4) is 0 Å². The van der Waals surface area contributed by atoms with E-state index in [1.165, 1.54) is 26.0 Å². The van der Waals surface area contributed by atoms with Gasteiger partial charge in [0.15, 0.2) is 0 Å². The molecule has 0 amide bonds. The van der Waals surface area contributed by atoms with E-state index in [9.17, 15) is 14.0 Å². The van der Waals surface area contributed by atoms with E-state index in [2.05, 4.69) is 0 Å². The van der Waals surface area contributed by atoms with Gasteiger partial charge in [-0.2, -0.15) is 0 Å². The van der Waals surface area contributed by atoms with Crippen molar-refractivity contribution in [1.82, 2.24) is 0 Å². The molecular formula is C16H17FO5. The van der Waals surface area contributed by atoms with E-state index in [1.54, 1.807) is 24.3 Å². The summed E-state index contributed by atoms with van der Waals surface area (Å²) in [6.07, 6.45) is 1.74. The zero-order valence-corrected chi connectivity index (χ0v) is 12.3. The van der Waals surface area contributed by atoms with Gasteiger partial charge < -0.3 is 14.2 Å². The quantitative estimate of drug-likeness (QED) is 0.631. The fourth-order valence-corrected chi connectivity index (χ4v) is 2.13. The van der Waals surface area contributed by atoms with Crippen LogP contribution in [0.1, 0.15) is 25.5 Å². The van der Waals surface area contributed by atoms with Gasteiger partial charge >= 0.3 is 11.9 Å². The molecule has 0 saturated carbocycles. The van der Waals surface area contributed by atoms with E-state index >= 15 is 0 Å². The minimum atomic E-state index is -0.631. The second-order valence-electron chi connectivity index (χ2n) is 4.91. The molecule has 0 saturated heterocycles. The molecule has 118 valence electrons. The Morgan fingerprint density at radius 2 is 1.82 bits per heavy atom. The first-order valence-corrected chi connectivity index (χ1v) is 6.85. The lowest BCUT2D eigenvalue weighted by atomic mass is 10.0. The average Bonchev–Trinajstić information content (AvgIpc) is 2.46. The summed E-state index contributed by atoms with van der Waals surface area (Å²) >= 11 is 0. The summed E-state index contributed by atoms with van der Waals surface area (Å²) in [4.78, 5) is 22.1. The van der Waals surface area contributed by atoms with Crippen molar-refractivity contribution in [3.63, 3.8) is 0 Å². The second-order valence-corrected chi connectivity index (χ2v) is 4.91. The highest BCUT2D eigenvalue weighted by atomic mass is 19.1. The number of rotatable bonds is 4. The van der Waals surface area contributed by atoms with Crippen LogP contribution in [0.3, 0.4) is 0 Å².